The summed E-state index contributed by atoms with van der Waals surface area (Å²) in [7, 11) is 0. The second-order valence-electron chi connectivity index (χ2n) is 4.32. The average molecular weight is 270 g/mol. The van der Waals surface area contributed by atoms with Crippen molar-refractivity contribution in [1.82, 2.24) is 0 Å². The zero-order chi connectivity index (χ0) is 13.9. The van der Waals surface area contributed by atoms with Crippen LogP contribution in [0.2, 0.25) is 0 Å². The second kappa shape index (κ2) is 5.17. The van der Waals surface area contributed by atoms with Crippen LogP contribution in [0.15, 0.2) is 59.0 Å². The fourth-order valence-corrected chi connectivity index (χ4v) is 1.89. The summed E-state index contributed by atoms with van der Waals surface area (Å²) in [6.07, 6.45) is 0. The van der Waals surface area contributed by atoms with Crippen molar-refractivity contribution in [3.63, 3.8) is 0 Å². The maximum Gasteiger partial charge on any atom is 0.235 e. The third-order valence-electron chi connectivity index (χ3n) is 2.87. The van der Waals surface area contributed by atoms with Crippen LogP contribution in [-0.2, 0) is 0 Å². The Bertz CT molecular complexity index is 747. The zero-order valence-corrected chi connectivity index (χ0v) is 10.5. The van der Waals surface area contributed by atoms with E-state index in [0.717, 1.165) is 0 Å². The first-order valence-corrected chi connectivity index (χ1v) is 6.12. The Morgan fingerprint density at radius 3 is 2.70 bits per heavy atom. The Hall–Kier alpha value is -2.62. The fraction of sp³-hybridized carbons (Fsp3) is 0.0625. The summed E-state index contributed by atoms with van der Waals surface area (Å²) >= 11 is 0. The summed E-state index contributed by atoms with van der Waals surface area (Å²) < 4.78 is 23.8. The molecule has 3 aromatic rings. The van der Waals surface area contributed by atoms with Crippen molar-refractivity contribution in [3.05, 3.63) is 66.2 Å². The van der Waals surface area contributed by atoms with Crippen LogP contribution in [-0.4, -0.2) is 12.4 Å². The van der Waals surface area contributed by atoms with E-state index in [9.17, 15) is 9.18 Å². The molecular formula is C16H11FO3. The van der Waals surface area contributed by atoms with E-state index >= 15 is 0 Å². The van der Waals surface area contributed by atoms with Crippen molar-refractivity contribution in [2.75, 3.05) is 6.61 Å². The number of hydrogen-bond donors (Lipinski definition) is 0. The molecule has 0 atom stereocenters. The quantitative estimate of drug-likeness (QED) is 0.676. The molecule has 100 valence electrons. The number of carbonyl (C=O) groups excluding carboxylic acids is 1. The van der Waals surface area contributed by atoms with Gasteiger partial charge in [-0.15, -0.1) is 0 Å². The zero-order valence-electron chi connectivity index (χ0n) is 10.5. The normalized spacial score (nSPS) is 10.7. The van der Waals surface area contributed by atoms with Gasteiger partial charge >= 0.3 is 0 Å². The second-order valence-corrected chi connectivity index (χ2v) is 4.32. The van der Waals surface area contributed by atoms with Crippen LogP contribution in [0.25, 0.3) is 11.0 Å². The van der Waals surface area contributed by atoms with Gasteiger partial charge in [-0.3, -0.25) is 4.79 Å². The maximum absolute atomic E-state index is 13.1. The molecule has 0 bridgehead atoms. The molecule has 2 aromatic carbocycles. The average Bonchev–Trinajstić information content (AvgIpc) is 2.89. The number of benzene rings is 2. The molecule has 0 radical (unpaired) electrons. The Morgan fingerprint density at radius 2 is 1.90 bits per heavy atom. The maximum atomic E-state index is 13.1. The first kappa shape index (κ1) is 12.4. The molecule has 3 nitrogen and oxygen atoms in total. The van der Waals surface area contributed by atoms with E-state index in [1.807, 2.05) is 18.2 Å². The van der Waals surface area contributed by atoms with Crippen LogP contribution in [0.5, 0.6) is 5.75 Å². The minimum absolute atomic E-state index is 0.119. The lowest BCUT2D eigenvalue weighted by Gasteiger charge is -2.02. The lowest BCUT2D eigenvalue weighted by molar-refractivity contribution is 0.0896. The summed E-state index contributed by atoms with van der Waals surface area (Å²) in [5.74, 6) is 0.132. The van der Waals surface area contributed by atoms with E-state index in [1.165, 1.54) is 24.3 Å². The number of hydrogen-bond acceptors (Lipinski definition) is 3. The van der Waals surface area contributed by atoms with Crippen LogP contribution in [0.3, 0.4) is 0 Å². The van der Waals surface area contributed by atoms with Gasteiger partial charge in [-0.2, -0.15) is 0 Å². The largest absolute Gasteiger partial charge is 0.485 e. The van der Waals surface area contributed by atoms with Crippen LogP contribution in [0.4, 0.5) is 4.39 Å². The number of furan rings is 1. The van der Waals surface area contributed by atoms with Crippen molar-refractivity contribution in [3.8, 4) is 5.75 Å². The van der Waals surface area contributed by atoms with E-state index in [4.69, 9.17) is 9.15 Å². The lowest BCUT2D eigenvalue weighted by atomic mass is 10.2. The molecule has 0 amide bonds. The topological polar surface area (TPSA) is 39.4 Å². The highest BCUT2D eigenvalue weighted by Crippen LogP contribution is 2.21. The van der Waals surface area contributed by atoms with E-state index in [0.29, 0.717) is 16.7 Å². The molecule has 4 heteroatoms. The lowest BCUT2D eigenvalue weighted by Crippen LogP contribution is -2.10. The highest BCUT2D eigenvalue weighted by molar-refractivity contribution is 5.98. The standard InChI is InChI=1S/C16H11FO3/c17-12-6-7-15-11(8-12)9-16(20-15)14(18)10-19-13-4-2-1-3-5-13/h1-9H,10H2. The molecule has 0 aliphatic rings. The minimum atomic E-state index is -0.363. The number of para-hydroxylation sites is 1. The van der Waals surface area contributed by atoms with Gasteiger partial charge in [-0.1, -0.05) is 18.2 Å². The van der Waals surface area contributed by atoms with Gasteiger partial charge in [0.15, 0.2) is 12.4 Å². The van der Waals surface area contributed by atoms with Crippen LogP contribution < -0.4 is 4.74 Å². The molecule has 1 heterocycles. The van der Waals surface area contributed by atoms with Gasteiger partial charge in [0.25, 0.3) is 0 Å². The van der Waals surface area contributed by atoms with Crippen LogP contribution in [0, 0.1) is 5.82 Å². The molecule has 0 fully saturated rings. The first-order valence-electron chi connectivity index (χ1n) is 6.12. The van der Waals surface area contributed by atoms with Gasteiger partial charge in [-0.25, -0.2) is 4.39 Å². The number of Topliss-reactive ketones (excluding diaryl/α,β-unsaturated/α-hetero) is 1. The number of rotatable bonds is 4. The predicted molar refractivity (Wildman–Crippen MR) is 72.4 cm³/mol. The van der Waals surface area contributed by atoms with E-state index in [1.54, 1.807) is 12.1 Å². The molecule has 0 saturated carbocycles. The summed E-state index contributed by atoms with van der Waals surface area (Å²) in [5, 5.41) is 0.563. The molecule has 0 aliphatic carbocycles. The predicted octanol–water partition coefficient (Wildman–Crippen LogP) is 3.83. The smallest absolute Gasteiger partial charge is 0.235 e. The SMILES string of the molecule is O=C(COc1ccccc1)c1cc2cc(F)ccc2o1. The summed E-state index contributed by atoms with van der Waals surface area (Å²) in [5.41, 5.74) is 0.481. The van der Waals surface area contributed by atoms with Crippen molar-refractivity contribution in [1.29, 1.82) is 0 Å². The van der Waals surface area contributed by atoms with Crippen molar-refractivity contribution < 1.29 is 18.3 Å². The fourth-order valence-electron chi connectivity index (χ4n) is 1.89. The van der Waals surface area contributed by atoms with Crippen molar-refractivity contribution in [2.45, 2.75) is 0 Å². The van der Waals surface area contributed by atoms with Gasteiger partial charge in [0.1, 0.15) is 17.1 Å². The molecule has 0 N–H and O–H groups in total. The van der Waals surface area contributed by atoms with E-state index < -0.39 is 0 Å². The molecule has 0 unspecified atom stereocenters. The van der Waals surface area contributed by atoms with Crippen molar-refractivity contribution in [2.24, 2.45) is 0 Å². The van der Waals surface area contributed by atoms with Gasteiger partial charge < -0.3 is 9.15 Å². The molecule has 0 spiro atoms. The van der Waals surface area contributed by atoms with E-state index in [2.05, 4.69) is 0 Å². The number of ketones is 1. The molecule has 3 rings (SSSR count). The minimum Gasteiger partial charge on any atom is -0.485 e. The van der Waals surface area contributed by atoms with Crippen molar-refractivity contribution >= 4 is 16.8 Å². The Labute approximate surface area is 114 Å². The van der Waals surface area contributed by atoms with Crippen LogP contribution >= 0.6 is 0 Å². The van der Waals surface area contributed by atoms with Gasteiger partial charge in [0.2, 0.25) is 5.78 Å². The number of ether oxygens (including phenoxy) is 1. The van der Waals surface area contributed by atoms with E-state index in [-0.39, 0.29) is 24.0 Å². The Kier molecular flexibility index (Phi) is 3.21. The third-order valence-corrected chi connectivity index (χ3v) is 2.87. The molecule has 0 aliphatic heterocycles. The number of halogens is 1. The Balaban J connectivity index is 1.75. The first-order chi connectivity index (χ1) is 9.72. The Morgan fingerprint density at radius 1 is 1.10 bits per heavy atom. The highest BCUT2D eigenvalue weighted by atomic mass is 19.1. The third kappa shape index (κ3) is 2.54. The summed E-state index contributed by atoms with van der Waals surface area (Å²) in [6, 6.07) is 14.7. The monoisotopic (exact) mass is 270 g/mol. The van der Waals surface area contributed by atoms with Crippen LogP contribution in [0.1, 0.15) is 10.6 Å². The van der Waals surface area contributed by atoms with Gasteiger partial charge in [-0.05, 0) is 36.4 Å². The number of carbonyl (C=O) groups is 1. The number of fused-ring (bicyclic) bond motifs is 1. The van der Waals surface area contributed by atoms with Gasteiger partial charge in [0, 0.05) is 5.39 Å². The molecule has 0 saturated heterocycles. The molecular weight excluding hydrogens is 259 g/mol. The summed E-state index contributed by atoms with van der Waals surface area (Å²) in [6.45, 7) is -0.119. The molecule has 1 aromatic heterocycles. The van der Waals surface area contributed by atoms with Gasteiger partial charge in [0.05, 0.1) is 0 Å². The highest BCUT2D eigenvalue weighted by Gasteiger charge is 2.13. The summed E-state index contributed by atoms with van der Waals surface area (Å²) in [4.78, 5) is 12.0. The molecule has 20 heavy (non-hydrogen) atoms.